The predicted molar refractivity (Wildman–Crippen MR) is 79.9 cm³/mol. The van der Waals surface area contributed by atoms with Crippen molar-refractivity contribution in [2.24, 2.45) is 0 Å². The van der Waals surface area contributed by atoms with Crippen LogP contribution in [0, 0.1) is 9.39 Å². The topological polar surface area (TPSA) is 29.3 Å². The molecule has 3 rings (SSSR count). The Hall–Kier alpha value is -1.30. The fourth-order valence-corrected chi connectivity index (χ4v) is 3.02. The van der Waals surface area contributed by atoms with E-state index in [1.165, 1.54) is 17.2 Å². The largest absolute Gasteiger partial charge is 0.399 e. The molecule has 0 aliphatic carbocycles. The van der Waals surface area contributed by atoms with Crippen LogP contribution in [0.5, 0.6) is 0 Å². The van der Waals surface area contributed by atoms with Crippen LogP contribution >= 0.6 is 22.6 Å². The molecule has 0 radical (unpaired) electrons. The molecular formula is C14H12FIN2. The van der Waals surface area contributed by atoms with Gasteiger partial charge in [0.25, 0.3) is 0 Å². The van der Waals surface area contributed by atoms with Gasteiger partial charge in [0.1, 0.15) is 5.82 Å². The van der Waals surface area contributed by atoms with Crippen LogP contribution in [0.2, 0.25) is 0 Å². The summed E-state index contributed by atoms with van der Waals surface area (Å²) >= 11 is 2.06. The Labute approximate surface area is 119 Å². The zero-order valence-electron chi connectivity index (χ0n) is 9.66. The lowest BCUT2D eigenvalue weighted by Crippen LogP contribution is -2.16. The fourth-order valence-electron chi connectivity index (χ4n) is 2.32. The van der Waals surface area contributed by atoms with E-state index in [0.717, 1.165) is 24.5 Å². The Kier molecular flexibility index (Phi) is 2.89. The minimum atomic E-state index is -0.163. The van der Waals surface area contributed by atoms with Gasteiger partial charge in [0.15, 0.2) is 0 Å². The van der Waals surface area contributed by atoms with Crippen LogP contribution in [-0.4, -0.2) is 0 Å². The van der Waals surface area contributed by atoms with Gasteiger partial charge in [0, 0.05) is 18.8 Å². The van der Waals surface area contributed by atoms with Crippen LogP contribution in [-0.2, 0) is 13.1 Å². The van der Waals surface area contributed by atoms with Crippen LogP contribution in [0.1, 0.15) is 11.1 Å². The summed E-state index contributed by atoms with van der Waals surface area (Å²) in [4.78, 5) is 2.18. The highest BCUT2D eigenvalue weighted by atomic mass is 127. The molecule has 1 aliphatic rings. The number of nitrogens with two attached hydrogens (primary N) is 1. The highest BCUT2D eigenvalue weighted by Crippen LogP contribution is 2.33. The third-order valence-corrected chi connectivity index (χ3v) is 4.29. The van der Waals surface area contributed by atoms with Crippen molar-refractivity contribution in [1.29, 1.82) is 0 Å². The Morgan fingerprint density at radius 1 is 1.11 bits per heavy atom. The van der Waals surface area contributed by atoms with Crippen molar-refractivity contribution in [3.63, 3.8) is 0 Å². The van der Waals surface area contributed by atoms with Gasteiger partial charge >= 0.3 is 0 Å². The first-order chi connectivity index (χ1) is 8.65. The average Bonchev–Trinajstić information content (AvgIpc) is 2.75. The number of nitrogens with zero attached hydrogens (tertiary/aromatic N) is 1. The van der Waals surface area contributed by atoms with Gasteiger partial charge in [-0.15, -0.1) is 0 Å². The quantitative estimate of drug-likeness (QED) is 0.627. The van der Waals surface area contributed by atoms with E-state index in [2.05, 4.69) is 33.6 Å². The second kappa shape index (κ2) is 4.42. The number of fused-ring (bicyclic) bond motifs is 1. The molecular weight excluding hydrogens is 342 g/mol. The molecule has 0 unspecified atom stereocenters. The molecule has 0 spiro atoms. The Bertz CT molecular complexity index is 613. The van der Waals surface area contributed by atoms with Crippen molar-refractivity contribution < 1.29 is 4.39 Å². The second-order valence-corrected chi connectivity index (χ2v) is 5.54. The Balaban J connectivity index is 1.96. The lowest BCUT2D eigenvalue weighted by Gasteiger charge is -2.19. The van der Waals surface area contributed by atoms with E-state index in [0.29, 0.717) is 3.57 Å². The molecule has 18 heavy (non-hydrogen) atoms. The lowest BCUT2D eigenvalue weighted by molar-refractivity contribution is 0.619. The third-order valence-electron chi connectivity index (χ3n) is 3.22. The molecule has 2 aromatic carbocycles. The van der Waals surface area contributed by atoms with Crippen molar-refractivity contribution in [3.8, 4) is 0 Å². The molecule has 0 saturated carbocycles. The van der Waals surface area contributed by atoms with Crippen molar-refractivity contribution in [2.75, 3.05) is 10.6 Å². The van der Waals surface area contributed by atoms with Gasteiger partial charge in [-0.3, -0.25) is 0 Å². The minimum absolute atomic E-state index is 0.163. The van der Waals surface area contributed by atoms with Gasteiger partial charge in [-0.2, -0.15) is 0 Å². The highest BCUT2D eigenvalue weighted by Gasteiger charge is 2.21. The molecule has 2 N–H and O–H groups in total. The summed E-state index contributed by atoms with van der Waals surface area (Å²) in [5.41, 5.74) is 10.0. The summed E-state index contributed by atoms with van der Waals surface area (Å²) < 4.78 is 14.2. The molecule has 0 atom stereocenters. The van der Waals surface area contributed by atoms with E-state index in [4.69, 9.17) is 5.73 Å². The molecule has 2 nitrogen and oxygen atoms in total. The SMILES string of the molecule is Nc1ccc2c(c1)CN(c1cccc(F)c1I)C2. The molecule has 0 fully saturated rings. The summed E-state index contributed by atoms with van der Waals surface area (Å²) in [7, 11) is 0. The van der Waals surface area contributed by atoms with Crippen LogP contribution in [0.3, 0.4) is 0 Å². The van der Waals surface area contributed by atoms with Crippen LogP contribution in [0.25, 0.3) is 0 Å². The molecule has 0 aromatic heterocycles. The monoisotopic (exact) mass is 354 g/mol. The van der Waals surface area contributed by atoms with Gasteiger partial charge in [-0.1, -0.05) is 12.1 Å². The van der Waals surface area contributed by atoms with Crippen molar-refractivity contribution >= 4 is 34.0 Å². The maximum Gasteiger partial charge on any atom is 0.138 e. The lowest BCUT2D eigenvalue weighted by atomic mass is 10.1. The first-order valence-corrected chi connectivity index (χ1v) is 6.79. The molecule has 0 amide bonds. The number of anilines is 2. The zero-order valence-corrected chi connectivity index (χ0v) is 11.8. The van der Waals surface area contributed by atoms with Gasteiger partial charge in [-0.05, 0) is 58.0 Å². The zero-order chi connectivity index (χ0) is 12.7. The fraction of sp³-hybridized carbons (Fsp3) is 0.143. The van der Waals surface area contributed by atoms with Crippen molar-refractivity contribution in [2.45, 2.75) is 13.1 Å². The van der Waals surface area contributed by atoms with Crippen LogP contribution in [0.4, 0.5) is 15.8 Å². The number of halogens is 2. The minimum Gasteiger partial charge on any atom is -0.399 e. The molecule has 0 saturated heterocycles. The van der Waals surface area contributed by atoms with Gasteiger partial charge < -0.3 is 10.6 Å². The predicted octanol–water partition coefficient (Wildman–Crippen LogP) is 3.53. The summed E-state index contributed by atoms with van der Waals surface area (Å²) in [5.74, 6) is -0.163. The number of hydrogen-bond acceptors (Lipinski definition) is 2. The van der Waals surface area contributed by atoms with E-state index < -0.39 is 0 Å². The molecule has 1 aliphatic heterocycles. The summed E-state index contributed by atoms with van der Waals surface area (Å²) in [6, 6.07) is 11.2. The smallest absolute Gasteiger partial charge is 0.138 e. The molecule has 4 heteroatoms. The first-order valence-electron chi connectivity index (χ1n) is 5.71. The number of benzene rings is 2. The molecule has 0 bridgehead atoms. The van der Waals surface area contributed by atoms with Crippen molar-refractivity contribution in [3.05, 3.63) is 56.9 Å². The normalized spacial score (nSPS) is 13.8. The maximum atomic E-state index is 13.6. The molecule has 2 aromatic rings. The summed E-state index contributed by atoms with van der Waals surface area (Å²) in [5, 5.41) is 0. The van der Waals surface area contributed by atoms with E-state index in [9.17, 15) is 4.39 Å². The summed E-state index contributed by atoms with van der Waals surface area (Å²) in [6.45, 7) is 1.61. The van der Waals surface area contributed by atoms with Gasteiger partial charge in [0.05, 0.1) is 9.26 Å². The van der Waals surface area contributed by atoms with Crippen molar-refractivity contribution in [1.82, 2.24) is 0 Å². The first kappa shape index (κ1) is 11.8. The highest BCUT2D eigenvalue weighted by molar-refractivity contribution is 14.1. The average molecular weight is 354 g/mol. The van der Waals surface area contributed by atoms with E-state index in [-0.39, 0.29) is 5.82 Å². The van der Waals surface area contributed by atoms with Gasteiger partial charge in [0.2, 0.25) is 0 Å². The molecule has 1 heterocycles. The Morgan fingerprint density at radius 2 is 1.89 bits per heavy atom. The summed E-state index contributed by atoms with van der Waals surface area (Å²) in [6.07, 6.45) is 0. The van der Waals surface area contributed by atoms with Crippen LogP contribution in [0.15, 0.2) is 36.4 Å². The number of hydrogen-bond donors (Lipinski definition) is 1. The van der Waals surface area contributed by atoms with E-state index in [1.54, 1.807) is 6.07 Å². The van der Waals surface area contributed by atoms with E-state index >= 15 is 0 Å². The molecule has 92 valence electrons. The Morgan fingerprint density at radius 3 is 2.72 bits per heavy atom. The number of nitrogen functional groups attached to an aromatic ring is 1. The van der Waals surface area contributed by atoms with Gasteiger partial charge in [-0.25, -0.2) is 4.39 Å². The standard InChI is InChI=1S/C14H12FIN2/c15-12-2-1-3-13(14(12)16)18-7-9-4-5-11(17)6-10(9)8-18/h1-6H,7-8,17H2. The van der Waals surface area contributed by atoms with E-state index in [1.807, 2.05) is 18.2 Å². The van der Waals surface area contributed by atoms with Crippen LogP contribution < -0.4 is 10.6 Å². The second-order valence-electron chi connectivity index (χ2n) is 4.46. The maximum absolute atomic E-state index is 13.6. The third kappa shape index (κ3) is 1.94. The number of rotatable bonds is 1.